The van der Waals surface area contributed by atoms with Gasteiger partial charge in [-0.2, -0.15) is 0 Å². The number of carbonyl (C=O) groups is 2. The molecule has 2 aliphatic rings. The number of hydrogen-bond acceptors (Lipinski definition) is 2. The fraction of sp³-hybridized carbons (Fsp3) is 0.579. The highest BCUT2D eigenvalue weighted by Crippen LogP contribution is 2.75. The molecule has 3 nitrogen and oxygen atoms in total. The highest BCUT2D eigenvalue weighted by atomic mass is 16.4. The molecule has 2 aliphatic carbocycles. The number of hydrogen-bond donors (Lipinski definition) is 1. The Morgan fingerprint density at radius 2 is 2.05 bits per heavy atom. The van der Waals surface area contributed by atoms with E-state index < -0.39 is 11.4 Å². The Balaban J connectivity index is 2.53. The molecule has 0 heterocycles. The van der Waals surface area contributed by atoms with Gasteiger partial charge >= 0.3 is 5.97 Å². The lowest BCUT2D eigenvalue weighted by Gasteiger charge is -2.24. The van der Waals surface area contributed by atoms with Gasteiger partial charge in [-0.25, -0.2) is 0 Å². The number of Topliss-reactive ketones (excluding diaryl/α,β-unsaturated/α-hetero) is 1. The summed E-state index contributed by atoms with van der Waals surface area (Å²) in [6.45, 7) is 9.81. The average molecular weight is 300 g/mol. The number of carbonyl (C=O) groups excluding carboxylic acids is 1. The minimum absolute atomic E-state index is 0.0136. The fourth-order valence-electron chi connectivity index (χ4n) is 4.47. The van der Waals surface area contributed by atoms with E-state index in [4.69, 9.17) is 6.42 Å². The normalized spacial score (nSPS) is 32.6. The first-order valence-corrected chi connectivity index (χ1v) is 7.67. The minimum Gasteiger partial charge on any atom is -0.481 e. The van der Waals surface area contributed by atoms with E-state index in [0.29, 0.717) is 12.0 Å². The van der Waals surface area contributed by atoms with Gasteiger partial charge in [-0.05, 0) is 26.2 Å². The van der Waals surface area contributed by atoms with Gasteiger partial charge < -0.3 is 5.11 Å². The standard InChI is InChI=1S/C19H24O3/c1-7-8-13-12(4)14(10-15(13)20)19(17(21)22)16(9-11(2)3)18(19,5)6/h1,9,14,16H,8,10H2,2-6H3,(H,21,22)/t14-,16+,19+/m1/s1. The Morgan fingerprint density at radius 1 is 1.45 bits per heavy atom. The molecule has 0 aromatic heterocycles. The molecule has 22 heavy (non-hydrogen) atoms. The molecule has 3 heteroatoms. The summed E-state index contributed by atoms with van der Waals surface area (Å²) in [6, 6.07) is 0. The first-order chi connectivity index (χ1) is 10.1. The average Bonchev–Trinajstić information content (AvgIpc) is 2.73. The predicted molar refractivity (Wildman–Crippen MR) is 86.0 cm³/mol. The molecule has 0 spiro atoms. The molecule has 0 amide bonds. The van der Waals surface area contributed by atoms with Crippen molar-refractivity contribution in [2.45, 2.75) is 47.5 Å². The Hall–Kier alpha value is -1.82. The molecule has 0 aliphatic heterocycles. The molecule has 0 radical (unpaired) electrons. The van der Waals surface area contributed by atoms with E-state index in [1.54, 1.807) is 0 Å². The number of terminal acetylenes is 1. The number of rotatable bonds is 4. The van der Waals surface area contributed by atoms with Crippen LogP contribution in [0.5, 0.6) is 0 Å². The first kappa shape index (κ1) is 16.5. The highest BCUT2D eigenvalue weighted by Gasteiger charge is 2.78. The molecule has 118 valence electrons. The van der Waals surface area contributed by atoms with Gasteiger partial charge in [0.2, 0.25) is 0 Å². The number of ketones is 1. The van der Waals surface area contributed by atoms with Crippen molar-refractivity contribution in [2.75, 3.05) is 0 Å². The Kier molecular flexibility index (Phi) is 3.85. The summed E-state index contributed by atoms with van der Waals surface area (Å²) < 4.78 is 0. The van der Waals surface area contributed by atoms with Crippen molar-refractivity contribution in [1.29, 1.82) is 0 Å². The molecule has 0 aromatic carbocycles. The second kappa shape index (κ2) is 5.12. The topological polar surface area (TPSA) is 54.4 Å². The smallest absolute Gasteiger partial charge is 0.311 e. The van der Waals surface area contributed by atoms with Gasteiger partial charge in [-0.3, -0.25) is 9.59 Å². The molecular formula is C19H24O3. The number of carboxylic acid groups (broad SMARTS) is 1. The second-order valence-corrected chi connectivity index (χ2v) is 7.34. The van der Waals surface area contributed by atoms with Crippen LogP contribution >= 0.6 is 0 Å². The zero-order chi connectivity index (χ0) is 16.9. The summed E-state index contributed by atoms with van der Waals surface area (Å²) in [6.07, 6.45) is 7.96. The summed E-state index contributed by atoms with van der Waals surface area (Å²) >= 11 is 0. The van der Waals surface area contributed by atoms with Crippen LogP contribution in [0.25, 0.3) is 0 Å². The van der Waals surface area contributed by atoms with Gasteiger partial charge in [0.05, 0.1) is 5.41 Å². The molecule has 1 saturated carbocycles. The maximum atomic E-state index is 12.3. The van der Waals surface area contributed by atoms with Crippen LogP contribution in [0.4, 0.5) is 0 Å². The molecule has 0 aromatic rings. The monoisotopic (exact) mass is 300 g/mol. The lowest BCUT2D eigenvalue weighted by Crippen LogP contribution is -2.31. The van der Waals surface area contributed by atoms with Gasteiger partial charge in [0.1, 0.15) is 0 Å². The van der Waals surface area contributed by atoms with Crippen LogP contribution in [0.1, 0.15) is 47.5 Å². The summed E-state index contributed by atoms with van der Waals surface area (Å²) in [5.41, 5.74) is 1.36. The van der Waals surface area contributed by atoms with Crippen LogP contribution in [-0.2, 0) is 9.59 Å². The number of allylic oxidation sites excluding steroid dienone is 4. The van der Waals surface area contributed by atoms with Crippen molar-refractivity contribution >= 4 is 11.8 Å². The van der Waals surface area contributed by atoms with Crippen molar-refractivity contribution in [1.82, 2.24) is 0 Å². The van der Waals surface area contributed by atoms with Gasteiger partial charge in [-0.15, -0.1) is 12.3 Å². The van der Waals surface area contributed by atoms with Gasteiger partial charge in [0, 0.05) is 30.3 Å². The maximum Gasteiger partial charge on any atom is 0.311 e. The van der Waals surface area contributed by atoms with Crippen LogP contribution in [0.15, 0.2) is 22.8 Å². The molecule has 3 atom stereocenters. The largest absolute Gasteiger partial charge is 0.481 e. The number of carboxylic acids is 1. The van der Waals surface area contributed by atoms with E-state index in [-0.39, 0.29) is 29.5 Å². The molecule has 0 unspecified atom stereocenters. The summed E-state index contributed by atoms with van der Waals surface area (Å²) in [5, 5.41) is 10.00. The zero-order valence-corrected chi connectivity index (χ0v) is 14.0. The molecule has 0 saturated heterocycles. The first-order valence-electron chi connectivity index (χ1n) is 7.67. The van der Waals surface area contributed by atoms with E-state index >= 15 is 0 Å². The third-order valence-corrected chi connectivity index (χ3v) is 5.66. The van der Waals surface area contributed by atoms with Crippen LogP contribution in [-0.4, -0.2) is 16.9 Å². The van der Waals surface area contributed by atoms with Crippen molar-refractivity contribution in [3.63, 3.8) is 0 Å². The Morgan fingerprint density at radius 3 is 2.50 bits per heavy atom. The lowest BCUT2D eigenvalue weighted by molar-refractivity contribution is -0.147. The van der Waals surface area contributed by atoms with E-state index in [2.05, 4.69) is 5.92 Å². The summed E-state index contributed by atoms with van der Waals surface area (Å²) in [5.74, 6) is 1.42. The third kappa shape index (κ3) is 1.97. The minimum atomic E-state index is -0.902. The van der Waals surface area contributed by atoms with Crippen molar-refractivity contribution < 1.29 is 14.7 Å². The molecular weight excluding hydrogens is 276 g/mol. The van der Waals surface area contributed by atoms with Crippen molar-refractivity contribution in [3.05, 3.63) is 22.8 Å². The molecule has 1 fully saturated rings. The van der Waals surface area contributed by atoms with E-state index in [0.717, 1.165) is 11.1 Å². The second-order valence-electron chi connectivity index (χ2n) is 7.34. The third-order valence-electron chi connectivity index (χ3n) is 5.66. The van der Waals surface area contributed by atoms with Gasteiger partial charge in [-0.1, -0.05) is 31.1 Å². The van der Waals surface area contributed by atoms with Crippen LogP contribution in [0.2, 0.25) is 0 Å². The highest BCUT2D eigenvalue weighted by molar-refractivity contribution is 6.01. The predicted octanol–water partition coefficient (Wildman–Crippen LogP) is 3.61. The van der Waals surface area contributed by atoms with E-state index in [1.165, 1.54) is 0 Å². The molecule has 1 N–H and O–H groups in total. The Labute approximate surface area is 132 Å². The maximum absolute atomic E-state index is 12.3. The lowest BCUT2D eigenvalue weighted by atomic mass is 9.78. The Bertz CT molecular complexity index is 638. The summed E-state index contributed by atoms with van der Waals surface area (Å²) in [7, 11) is 0. The zero-order valence-electron chi connectivity index (χ0n) is 14.0. The number of aliphatic carboxylic acids is 1. The summed E-state index contributed by atoms with van der Waals surface area (Å²) in [4.78, 5) is 24.5. The molecule has 2 rings (SSSR count). The van der Waals surface area contributed by atoms with E-state index in [9.17, 15) is 14.7 Å². The SMILES string of the molecule is C#CCC1=C(C)[C@H]([C@@]2(C(=O)O)[C@@H](C=C(C)C)C2(C)C)CC1=O. The van der Waals surface area contributed by atoms with Crippen LogP contribution in [0, 0.1) is 35.0 Å². The molecule has 0 bridgehead atoms. The fourth-order valence-corrected chi connectivity index (χ4v) is 4.47. The van der Waals surface area contributed by atoms with Crippen molar-refractivity contribution in [3.8, 4) is 12.3 Å². The van der Waals surface area contributed by atoms with Gasteiger partial charge in [0.15, 0.2) is 5.78 Å². The van der Waals surface area contributed by atoms with Crippen LogP contribution < -0.4 is 0 Å². The van der Waals surface area contributed by atoms with Crippen LogP contribution in [0.3, 0.4) is 0 Å². The quantitative estimate of drug-likeness (QED) is 0.637. The van der Waals surface area contributed by atoms with E-state index in [1.807, 2.05) is 40.7 Å². The van der Waals surface area contributed by atoms with Crippen molar-refractivity contribution in [2.24, 2.45) is 22.7 Å². The van der Waals surface area contributed by atoms with Gasteiger partial charge in [0.25, 0.3) is 0 Å².